The fourth-order valence-electron chi connectivity index (χ4n) is 2.71. The average Bonchev–Trinajstić information content (AvgIpc) is 2.97. The van der Waals surface area contributed by atoms with Crippen LogP contribution in [0.2, 0.25) is 0 Å². The van der Waals surface area contributed by atoms with Crippen molar-refractivity contribution in [3.63, 3.8) is 0 Å². The maximum atomic E-state index is 12.1. The summed E-state index contributed by atoms with van der Waals surface area (Å²) in [4.78, 5) is 25.5. The Hall–Kier alpha value is -1.55. The Morgan fingerprint density at radius 1 is 1.29 bits per heavy atom. The molecule has 0 bridgehead atoms. The van der Waals surface area contributed by atoms with Gasteiger partial charge in [-0.3, -0.25) is 4.79 Å². The van der Waals surface area contributed by atoms with E-state index < -0.39 is 0 Å². The molecule has 0 N–H and O–H groups in total. The van der Waals surface area contributed by atoms with E-state index in [2.05, 4.69) is 0 Å². The highest BCUT2D eigenvalue weighted by molar-refractivity contribution is 6.28. The highest BCUT2D eigenvalue weighted by atomic mass is 35.5. The molecule has 0 unspecified atom stereocenters. The van der Waals surface area contributed by atoms with Crippen LogP contribution in [0, 0.1) is 11.8 Å². The number of Topliss-reactive ketones (excluding diaryl/α,β-unsaturated/α-hetero) is 1. The number of ketones is 1. The molecule has 1 aromatic rings. The van der Waals surface area contributed by atoms with Crippen molar-refractivity contribution in [1.82, 2.24) is 4.90 Å². The number of hydrogen-bond acceptors (Lipinski definition) is 3. The van der Waals surface area contributed by atoms with Crippen molar-refractivity contribution >= 4 is 23.5 Å². The van der Waals surface area contributed by atoms with Gasteiger partial charge in [-0.05, 0) is 11.5 Å². The molecule has 114 valence electrons. The summed E-state index contributed by atoms with van der Waals surface area (Å²) in [6.07, 6.45) is 0.498. The summed E-state index contributed by atoms with van der Waals surface area (Å²) >= 11 is 5.64. The lowest BCUT2D eigenvalue weighted by Crippen LogP contribution is -2.30. The van der Waals surface area contributed by atoms with Gasteiger partial charge in [0.15, 0.2) is 5.78 Å². The van der Waals surface area contributed by atoms with Crippen LogP contribution < -0.4 is 0 Å². The molecule has 1 aliphatic heterocycles. The van der Waals surface area contributed by atoms with E-state index >= 15 is 0 Å². The maximum Gasteiger partial charge on any atom is 0.410 e. The van der Waals surface area contributed by atoms with Gasteiger partial charge in [0.2, 0.25) is 0 Å². The number of rotatable bonds is 5. The Morgan fingerprint density at radius 3 is 2.62 bits per heavy atom. The average molecular weight is 310 g/mol. The lowest BCUT2D eigenvalue weighted by molar-refractivity contribution is -0.121. The quantitative estimate of drug-likeness (QED) is 0.785. The third-order valence-corrected chi connectivity index (χ3v) is 4.24. The largest absolute Gasteiger partial charge is 0.445 e. The standard InChI is InChI=1S/C16H20ClNO3/c1-2-13-9-18(10-14(13)15(19)8-17)16(20)21-11-12-6-4-3-5-7-12/h3-7,13-14H,2,8-11H2,1H3/t13-,14-/m0/s1. The highest BCUT2D eigenvalue weighted by Crippen LogP contribution is 2.27. The van der Waals surface area contributed by atoms with Crippen LogP contribution in [0.1, 0.15) is 18.9 Å². The second kappa shape index (κ2) is 7.46. The molecule has 1 amide bonds. The molecule has 0 aliphatic carbocycles. The molecule has 1 heterocycles. The molecule has 0 spiro atoms. The van der Waals surface area contributed by atoms with Crippen molar-refractivity contribution in [3.05, 3.63) is 35.9 Å². The van der Waals surface area contributed by atoms with E-state index in [1.54, 1.807) is 4.90 Å². The van der Waals surface area contributed by atoms with E-state index in [9.17, 15) is 9.59 Å². The van der Waals surface area contributed by atoms with Gasteiger partial charge in [0.05, 0.1) is 5.88 Å². The van der Waals surface area contributed by atoms with Gasteiger partial charge < -0.3 is 9.64 Å². The molecule has 1 saturated heterocycles. The molecule has 1 aliphatic rings. The van der Waals surface area contributed by atoms with Gasteiger partial charge >= 0.3 is 6.09 Å². The number of alkyl halides is 1. The van der Waals surface area contributed by atoms with Gasteiger partial charge in [0.1, 0.15) is 6.61 Å². The van der Waals surface area contributed by atoms with Crippen LogP contribution in [-0.4, -0.2) is 35.7 Å². The lowest BCUT2D eigenvalue weighted by Gasteiger charge is -2.16. The minimum atomic E-state index is -0.359. The molecule has 2 rings (SSSR count). The molecule has 0 aromatic heterocycles. The minimum Gasteiger partial charge on any atom is -0.445 e. The first-order valence-corrected chi connectivity index (χ1v) is 7.73. The number of benzene rings is 1. The van der Waals surface area contributed by atoms with Crippen LogP contribution in [0.5, 0.6) is 0 Å². The molecule has 5 heteroatoms. The highest BCUT2D eigenvalue weighted by Gasteiger charge is 2.38. The molecule has 2 atom stereocenters. The zero-order chi connectivity index (χ0) is 15.2. The predicted molar refractivity (Wildman–Crippen MR) is 81.2 cm³/mol. The third kappa shape index (κ3) is 3.97. The summed E-state index contributed by atoms with van der Waals surface area (Å²) < 4.78 is 5.31. The van der Waals surface area contributed by atoms with Crippen LogP contribution in [0.25, 0.3) is 0 Å². The lowest BCUT2D eigenvalue weighted by atomic mass is 9.91. The zero-order valence-corrected chi connectivity index (χ0v) is 12.9. The Morgan fingerprint density at radius 2 is 2.00 bits per heavy atom. The van der Waals surface area contributed by atoms with Crippen molar-refractivity contribution in [2.45, 2.75) is 20.0 Å². The van der Waals surface area contributed by atoms with Crippen molar-refractivity contribution in [2.75, 3.05) is 19.0 Å². The van der Waals surface area contributed by atoms with E-state index in [1.165, 1.54) is 0 Å². The monoisotopic (exact) mass is 309 g/mol. The van der Waals surface area contributed by atoms with Crippen molar-refractivity contribution in [2.24, 2.45) is 11.8 Å². The van der Waals surface area contributed by atoms with E-state index in [-0.39, 0.29) is 36.2 Å². The maximum absolute atomic E-state index is 12.1. The predicted octanol–water partition coefficient (Wildman–Crippen LogP) is 3.09. The summed E-state index contributed by atoms with van der Waals surface area (Å²) in [6, 6.07) is 9.54. The van der Waals surface area contributed by atoms with Crippen LogP contribution in [-0.2, 0) is 16.1 Å². The summed E-state index contributed by atoms with van der Waals surface area (Å²) in [7, 11) is 0. The molecular formula is C16H20ClNO3. The third-order valence-electron chi connectivity index (χ3n) is 3.97. The normalized spacial score (nSPS) is 21.3. The Bertz CT molecular complexity index is 492. The Kier molecular flexibility index (Phi) is 5.62. The van der Waals surface area contributed by atoms with E-state index in [1.807, 2.05) is 37.3 Å². The Balaban J connectivity index is 1.90. The van der Waals surface area contributed by atoms with Crippen LogP contribution in [0.4, 0.5) is 4.79 Å². The van der Waals surface area contributed by atoms with Crippen LogP contribution in [0.15, 0.2) is 30.3 Å². The summed E-state index contributed by atoms with van der Waals surface area (Å²) in [5.74, 6) is 0.0489. The topological polar surface area (TPSA) is 46.6 Å². The summed E-state index contributed by atoms with van der Waals surface area (Å²) in [6.45, 7) is 3.26. The zero-order valence-electron chi connectivity index (χ0n) is 12.1. The number of carbonyl (C=O) groups is 2. The van der Waals surface area contributed by atoms with Crippen LogP contribution in [0.3, 0.4) is 0 Å². The fraction of sp³-hybridized carbons (Fsp3) is 0.500. The number of halogens is 1. The number of ether oxygens (including phenoxy) is 1. The van der Waals surface area contributed by atoms with Gasteiger partial charge in [0.25, 0.3) is 0 Å². The van der Waals surface area contributed by atoms with Crippen LogP contribution >= 0.6 is 11.6 Å². The molecule has 0 radical (unpaired) electrons. The van der Waals surface area contributed by atoms with E-state index in [4.69, 9.17) is 16.3 Å². The second-order valence-corrected chi connectivity index (χ2v) is 5.59. The molecule has 0 saturated carbocycles. The number of likely N-dealkylation sites (tertiary alicyclic amines) is 1. The number of hydrogen-bond donors (Lipinski definition) is 0. The fourth-order valence-corrected chi connectivity index (χ4v) is 2.91. The number of nitrogens with zero attached hydrogens (tertiary/aromatic N) is 1. The molecule has 1 aromatic carbocycles. The SMILES string of the molecule is CC[C@H]1CN(C(=O)OCc2ccccc2)C[C@@H]1C(=O)CCl. The first-order valence-electron chi connectivity index (χ1n) is 7.20. The van der Waals surface area contributed by atoms with Crippen molar-refractivity contribution in [3.8, 4) is 0 Å². The summed E-state index contributed by atoms with van der Waals surface area (Å²) in [5.41, 5.74) is 0.950. The van der Waals surface area contributed by atoms with Crippen molar-refractivity contribution in [1.29, 1.82) is 0 Å². The first-order chi connectivity index (χ1) is 10.2. The second-order valence-electron chi connectivity index (χ2n) is 5.32. The number of carbonyl (C=O) groups excluding carboxylic acids is 2. The van der Waals surface area contributed by atoms with Gasteiger partial charge in [-0.25, -0.2) is 4.79 Å². The smallest absolute Gasteiger partial charge is 0.410 e. The van der Waals surface area contributed by atoms with Gasteiger partial charge in [-0.2, -0.15) is 0 Å². The summed E-state index contributed by atoms with van der Waals surface area (Å²) in [5, 5.41) is 0. The minimum absolute atomic E-state index is 0.00801. The Labute approximate surface area is 130 Å². The molecule has 21 heavy (non-hydrogen) atoms. The molecule has 4 nitrogen and oxygen atoms in total. The van der Waals surface area contributed by atoms with E-state index in [0.717, 1.165) is 12.0 Å². The molecular weight excluding hydrogens is 290 g/mol. The van der Waals surface area contributed by atoms with Gasteiger partial charge in [-0.1, -0.05) is 43.7 Å². The number of amides is 1. The first kappa shape index (κ1) is 15.8. The van der Waals surface area contributed by atoms with Gasteiger partial charge in [0, 0.05) is 19.0 Å². The van der Waals surface area contributed by atoms with E-state index in [0.29, 0.717) is 13.1 Å². The molecule has 1 fully saturated rings. The van der Waals surface area contributed by atoms with Crippen molar-refractivity contribution < 1.29 is 14.3 Å². The van der Waals surface area contributed by atoms with Gasteiger partial charge in [-0.15, -0.1) is 11.6 Å².